The van der Waals surface area contributed by atoms with E-state index < -0.39 is 17.8 Å². The molecule has 6 heteroatoms. The SMILES string of the molecule is CCC1CC(C(=O)O)C(C(=O)N2CCCNC(=O)C2)C1. The van der Waals surface area contributed by atoms with Crippen LogP contribution in [0.15, 0.2) is 0 Å². The second-order valence-corrected chi connectivity index (χ2v) is 5.76. The van der Waals surface area contributed by atoms with Crippen LogP contribution in [0, 0.1) is 17.8 Å². The van der Waals surface area contributed by atoms with Crippen molar-refractivity contribution in [1.82, 2.24) is 10.2 Å². The molecule has 1 saturated heterocycles. The number of rotatable bonds is 3. The molecule has 3 atom stereocenters. The number of aliphatic carboxylic acids is 1. The predicted molar refractivity (Wildman–Crippen MR) is 71.8 cm³/mol. The van der Waals surface area contributed by atoms with Crippen molar-refractivity contribution >= 4 is 17.8 Å². The van der Waals surface area contributed by atoms with Crippen LogP contribution < -0.4 is 5.32 Å². The molecule has 0 radical (unpaired) electrons. The Morgan fingerprint density at radius 2 is 2.05 bits per heavy atom. The zero-order valence-corrected chi connectivity index (χ0v) is 11.8. The Kier molecular flexibility index (Phi) is 4.62. The first-order valence-corrected chi connectivity index (χ1v) is 7.31. The van der Waals surface area contributed by atoms with Gasteiger partial charge in [0.25, 0.3) is 0 Å². The van der Waals surface area contributed by atoms with Crippen LogP contribution in [0.2, 0.25) is 0 Å². The fourth-order valence-corrected chi connectivity index (χ4v) is 3.25. The van der Waals surface area contributed by atoms with Gasteiger partial charge in [0, 0.05) is 13.1 Å². The van der Waals surface area contributed by atoms with Gasteiger partial charge < -0.3 is 15.3 Å². The molecule has 2 N–H and O–H groups in total. The summed E-state index contributed by atoms with van der Waals surface area (Å²) in [7, 11) is 0. The molecule has 0 aromatic rings. The highest BCUT2D eigenvalue weighted by molar-refractivity contribution is 5.89. The van der Waals surface area contributed by atoms with E-state index in [4.69, 9.17) is 0 Å². The van der Waals surface area contributed by atoms with Crippen molar-refractivity contribution < 1.29 is 19.5 Å². The molecule has 112 valence electrons. The van der Waals surface area contributed by atoms with Crippen LogP contribution in [0.3, 0.4) is 0 Å². The summed E-state index contributed by atoms with van der Waals surface area (Å²) >= 11 is 0. The zero-order valence-electron chi connectivity index (χ0n) is 11.8. The normalized spacial score (nSPS) is 30.8. The van der Waals surface area contributed by atoms with Gasteiger partial charge in [0.2, 0.25) is 11.8 Å². The molecule has 2 aliphatic rings. The van der Waals surface area contributed by atoms with Gasteiger partial charge in [0.1, 0.15) is 0 Å². The van der Waals surface area contributed by atoms with Gasteiger partial charge in [-0.3, -0.25) is 14.4 Å². The molecule has 20 heavy (non-hydrogen) atoms. The van der Waals surface area contributed by atoms with E-state index in [1.165, 1.54) is 4.90 Å². The Bertz CT molecular complexity index is 410. The highest BCUT2D eigenvalue weighted by Gasteiger charge is 2.43. The maximum atomic E-state index is 12.6. The van der Waals surface area contributed by atoms with E-state index in [1.54, 1.807) is 0 Å². The summed E-state index contributed by atoms with van der Waals surface area (Å²) in [6.45, 7) is 3.18. The van der Waals surface area contributed by atoms with Gasteiger partial charge in [0.05, 0.1) is 18.4 Å². The monoisotopic (exact) mass is 282 g/mol. The van der Waals surface area contributed by atoms with E-state index in [2.05, 4.69) is 5.32 Å². The molecule has 6 nitrogen and oxygen atoms in total. The van der Waals surface area contributed by atoms with Crippen molar-refractivity contribution in [1.29, 1.82) is 0 Å². The first kappa shape index (κ1) is 14.8. The molecule has 2 amide bonds. The number of carboxylic acids is 1. The number of amides is 2. The molecule has 3 unspecified atom stereocenters. The lowest BCUT2D eigenvalue weighted by Crippen LogP contribution is -2.42. The summed E-state index contributed by atoms with van der Waals surface area (Å²) in [5, 5.41) is 12.0. The van der Waals surface area contributed by atoms with E-state index in [1.807, 2.05) is 6.92 Å². The van der Waals surface area contributed by atoms with Crippen LogP contribution in [0.25, 0.3) is 0 Å². The Labute approximate surface area is 118 Å². The van der Waals surface area contributed by atoms with Crippen LogP contribution in [0.4, 0.5) is 0 Å². The highest BCUT2D eigenvalue weighted by atomic mass is 16.4. The van der Waals surface area contributed by atoms with Crippen molar-refractivity contribution in [3.8, 4) is 0 Å². The van der Waals surface area contributed by atoms with Gasteiger partial charge in [-0.2, -0.15) is 0 Å². The van der Waals surface area contributed by atoms with Crippen molar-refractivity contribution in [3.05, 3.63) is 0 Å². The van der Waals surface area contributed by atoms with Gasteiger partial charge in [-0.1, -0.05) is 13.3 Å². The van der Waals surface area contributed by atoms with E-state index >= 15 is 0 Å². The first-order chi connectivity index (χ1) is 9.52. The smallest absolute Gasteiger partial charge is 0.307 e. The van der Waals surface area contributed by atoms with Gasteiger partial charge in [-0.25, -0.2) is 0 Å². The summed E-state index contributed by atoms with van der Waals surface area (Å²) in [5.74, 6) is -1.98. The van der Waals surface area contributed by atoms with E-state index in [0.29, 0.717) is 31.8 Å². The molecule has 1 heterocycles. The summed E-state index contributed by atoms with van der Waals surface area (Å²) in [4.78, 5) is 37.0. The number of nitrogens with one attached hydrogen (secondary N) is 1. The second-order valence-electron chi connectivity index (χ2n) is 5.76. The number of carbonyl (C=O) groups is 3. The molecule has 0 spiro atoms. The van der Waals surface area contributed by atoms with E-state index in [9.17, 15) is 19.5 Å². The van der Waals surface area contributed by atoms with E-state index in [-0.39, 0.29) is 18.4 Å². The number of carbonyl (C=O) groups excluding carboxylic acids is 2. The number of hydrogen-bond donors (Lipinski definition) is 2. The Balaban J connectivity index is 2.09. The van der Waals surface area contributed by atoms with Crippen LogP contribution >= 0.6 is 0 Å². The minimum absolute atomic E-state index is 0.0540. The van der Waals surface area contributed by atoms with Crippen molar-refractivity contribution in [2.75, 3.05) is 19.6 Å². The van der Waals surface area contributed by atoms with Gasteiger partial charge in [-0.15, -0.1) is 0 Å². The van der Waals surface area contributed by atoms with Crippen molar-refractivity contribution in [3.63, 3.8) is 0 Å². The Morgan fingerprint density at radius 1 is 1.35 bits per heavy atom. The van der Waals surface area contributed by atoms with Gasteiger partial charge in [-0.05, 0) is 25.2 Å². The largest absolute Gasteiger partial charge is 0.481 e. The fourth-order valence-electron chi connectivity index (χ4n) is 3.25. The molecular weight excluding hydrogens is 260 g/mol. The predicted octanol–water partition coefficient (Wildman–Crippen LogP) is 0.472. The Hall–Kier alpha value is -1.59. The van der Waals surface area contributed by atoms with Crippen LogP contribution in [-0.4, -0.2) is 47.4 Å². The third-order valence-corrected chi connectivity index (χ3v) is 4.45. The van der Waals surface area contributed by atoms with E-state index in [0.717, 1.165) is 12.8 Å². The van der Waals surface area contributed by atoms with Crippen LogP contribution in [0.5, 0.6) is 0 Å². The average molecular weight is 282 g/mol. The third-order valence-electron chi connectivity index (χ3n) is 4.45. The number of carboxylic acid groups (broad SMARTS) is 1. The summed E-state index contributed by atoms with van der Waals surface area (Å²) < 4.78 is 0. The summed E-state index contributed by atoms with van der Waals surface area (Å²) in [6.07, 6.45) is 2.82. The Morgan fingerprint density at radius 3 is 2.70 bits per heavy atom. The van der Waals surface area contributed by atoms with Crippen molar-refractivity contribution in [2.45, 2.75) is 32.6 Å². The first-order valence-electron chi connectivity index (χ1n) is 7.31. The summed E-state index contributed by atoms with van der Waals surface area (Å²) in [6, 6.07) is 0. The maximum absolute atomic E-state index is 12.6. The third kappa shape index (κ3) is 3.11. The summed E-state index contributed by atoms with van der Waals surface area (Å²) in [5.41, 5.74) is 0. The molecule has 1 aliphatic carbocycles. The van der Waals surface area contributed by atoms with Crippen LogP contribution in [-0.2, 0) is 14.4 Å². The zero-order chi connectivity index (χ0) is 14.7. The lowest BCUT2D eigenvalue weighted by Gasteiger charge is -2.24. The standard InChI is InChI=1S/C14H22N2O4/c1-2-9-6-10(11(7-9)14(19)20)13(18)16-5-3-4-15-12(17)8-16/h9-11H,2-8H2,1H3,(H,15,17)(H,19,20). The van der Waals surface area contributed by atoms with Gasteiger partial charge >= 0.3 is 5.97 Å². The average Bonchev–Trinajstić information content (AvgIpc) is 2.74. The number of hydrogen-bond acceptors (Lipinski definition) is 3. The second kappa shape index (κ2) is 6.24. The van der Waals surface area contributed by atoms with Crippen LogP contribution in [0.1, 0.15) is 32.6 Å². The lowest BCUT2D eigenvalue weighted by molar-refractivity contribution is -0.149. The lowest BCUT2D eigenvalue weighted by atomic mass is 9.94. The quantitative estimate of drug-likeness (QED) is 0.788. The molecule has 1 aliphatic heterocycles. The minimum Gasteiger partial charge on any atom is -0.481 e. The molecule has 1 saturated carbocycles. The van der Waals surface area contributed by atoms with Crippen molar-refractivity contribution in [2.24, 2.45) is 17.8 Å². The topological polar surface area (TPSA) is 86.7 Å². The molecule has 2 rings (SSSR count). The van der Waals surface area contributed by atoms with Gasteiger partial charge in [0.15, 0.2) is 0 Å². The molecule has 0 bridgehead atoms. The molecule has 0 aromatic heterocycles. The number of nitrogens with zero attached hydrogens (tertiary/aromatic N) is 1. The highest BCUT2D eigenvalue weighted by Crippen LogP contribution is 2.39. The molecule has 0 aromatic carbocycles. The fraction of sp³-hybridized carbons (Fsp3) is 0.786. The molecule has 2 fully saturated rings. The molecular formula is C14H22N2O4. The maximum Gasteiger partial charge on any atom is 0.307 e. The minimum atomic E-state index is -0.890.